The summed E-state index contributed by atoms with van der Waals surface area (Å²) < 4.78 is 5.20. The van der Waals surface area contributed by atoms with E-state index in [1.54, 1.807) is 19.5 Å². The maximum Gasteiger partial charge on any atom is 0.175 e. The summed E-state index contributed by atoms with van der Waals surface area (Å²) >= 11 is 5.49. The molecule has 3 aromatic heterocycles. The Kier molecular flexibility index (Phi) is 4.85. The summed E-state index contributed by atoms with van der Waals surface area (Å²) in [4.78, 5) is 19.1. The van der Waals surface area contributed by atoms with Gasteiger partial charge in [-0.05, 0) is 78.9 Å². The number of aromatic nitrogens is 4. The zero-order chi connectivity index (χ0) is 23.1. The summed E-state index contributed by atoms with van der Waals surface area (Å²) in [5, 5.41) is 8.74. The molecule has 0 saturated carbocycles. The third-order valence-corrected chi connectivity index (χ3v) is 5.82. The fourth-order valence-corrected chi connectivity index (χ4v) is 4.28. The van der Waals surface area contributed by atoms with Gasteiger partial charge in [-0.1, -0.05) is 0 Å². The molecular formula is C26H18N6OS. The molecule has 3 aromatic carbocycles. The minimum Gasteiger partial charge on any atom is -0.497 e. The molecule has 164 valence electrons. The molecule has 6 rings (SSSR count). The molecule has 0 radical (unpaired) electrons. The molecule has 6 aromatic rings. The molecule has 0 aliphatic heterocycles. The van der Waals surface area contributed by atoms with Crippen LogP contribution in [0.1, 0.15) is 0 Å². The second kappa shape index (κ2) is 8.17. The van der Waals surface area contributed by atoms with Crippen molar-refractivity contribution in [2.24, 2.45) is 0 Å². The largest absolute Gasteiger partial charge is 0.497 e. The molecule has 7 nitrogen and oxygen atoms in total. The van der Waals surface area contributed by atoms with Gasteiger partial charge in [-0.25, -0.2) is 9.97 Å². The first-order valence-electron chi connectivity index (χ1n) is 10.6. The molecular weight excluding hydrogens is 444 g/mol. The van der Waals surface area contributed by atoms with E-state index in [9.17, 15) is 0 Å². The van der Waals surface area contributed by atoms with Gasteiger partial charge in [0.1, 0.15) is 5.75 Å². The second-order valence-electron chi connectivity index (χ2n) is 7.73. The molecule has 0 unspecified atom stereocenters. The highest BCUT2D eigenvalue weighted by Gasteiger charge is 2.14. The Morgan fingerprint density at radius 2 is 1.29 bits per heavy atom. The van der Waals surface area contributed by atoms with Crippen LogP contribution in [0.15, 0.2) is 79.1 Å². The number of methoxy groups -OCH3 is 1. The third kappa shape index (κ3) is 3.50. The predicted octanol–water partition coefficient (Wildman–Crippen LogP) is 5.70. The molecule has 0 aliphatic carbocycles. The number of hydrogen-bond donors (Lipinski definition) is 2. The molecule has 0 saturated heterocycles. The first kappa shape index (κ1) is 20.2. The minimum absolute atomic E-state index is 0.477. The maximum absolute atomic E-state index is 5.49. The van der Waals surface area contributed by atoms with E-state index in [0.717, 1.165) is 61.0 Å². The molecule has 3 heterocycles. The van der Waals surface area contributed by atoms with Gasteiger partial charge in [0.2, 0.25) is 0 Å². The van der Waals surface area contributed by atoms with E-state index in [1.165, 1.54) is 0 Å². The van der Waals surface area contributed by atoms with Crippen LogP contribution >= 0.6 is 12.2 Å². The van der Waals surface area contributed by atoms with E-state index in [2.05, 4.69) is 20.6 Å². The molecule has 0 bridgehead atoms. The van der Waals surface area contributed by atoms with Crippen LogP contribution in [0.2, 0.25) is 0 Å². The van der Waals surface area contributed by atoms with Gasteiger partial charge in [0, 0.05) is 34.5 Å². The summed E-state index contributed by atoms with van der Waals surface area (Å²) in [6.45, 7) is 0. The van der Waals surface area contributed by atoms with Gasteiger partial charge in [-0.15, -0.1) is 0 Å². The predicted molar refractivity (Wildman–Crippen MR) is 140 cm³/mol. The number of ether oxygens (including phenoxy) is 1. The van der Waals surface area contributed by atoms with Crippen molar-refractivity contribution in [3.63, 3.8) is 0 Å². The number of anilines is 2. The average molecular weight is 463 g/mol. The van der Waals surface area contributed by atoms with Crippen LogP contribution in [0.4, 0.5) is 11.4 Å². The first-order valence-corrected chi connectivity index (χ1v) is 11.1. The lowest BCUT2D eigenvalue weighted by Gasteiger charge is -2.12. The Morgan fingerprint density at radius 1 is 0.706 bits per heavy atom. The Labute approximate surface area is 199 Å². The van der Waals surface area contributed by atoms with E-state index < -0.39 is 0 Å². The molecule has 0 fully saturated rings. The van der Waals surface area contributed by atoms with Gasteiger partial charge in [0.25, 0.3) is 0 Å². The molecule has 8 heteroatoms. The maximum atomic E-state index is 5.49. The zero-order valence-corrected chi connectivity index (χ0v) is 18.9. The molecule has 0 atom stereocenters. The number of hydrogen-bond acceptors (Lipinski definition) is 6. The number of rotatable bonds is 3. The van der Waals surface area contributed by atoms with Gasteiger partial charge >= 0.3 is 0 Å². The van der Waals surface area contributed by atoms with Crippen LogP contribution in [0.5, 0.6) is 5.75 Å². The van der Waals surface area contributed by atoms with Crippen LogP contribution < -0.4 is 15.4 Å². The van der Waals surface area contributed by atoms with Crippen molar-refractivity contribution >= 4 is 72.6 Å². The van der Waals surface area contributed by atoms with E-state index in [-0.39, 0.29) is 0 Å². The van der Waals surface area contributed by atoms with Crippen molar-refractivity contribution in [2.45, 2.75) is 0 Å². The summed E-state index contributed by atoms with van der Waals surface area (Å²) in [7, 11) is 1.64. The molecule has 0 spiro atoms. The highest BCUT2D eigenvalue weighted by molar-refractivity contribution is 7.80. The van der Waals surface area contributed by atoms with Crippen LogP contribution in [0, 0.1) is 0 Å². The zero-order valence-electron chi connectivity index (χ0n) is 18.1. The topological polar surface area (TPSA) is 84.9 Å². The Morgan fingerprint density at radius 3 is 1.94 bits per heavy atom. The van der Waals surface area contributed by atoms with E-state index >= 15 is 0 Å². The number of thiocarbonyl (C=S) groups is 1. The van der Waals surface area contributed by atoms with Crippen LogP contribution in [-0.2, 0) is 0 Å². The molecule has 0 aliphatic rings. The van der Waals surface area contributed by atoms with Crippen LogP contribution in [0.3, 0.4) is 0 Å². The lowest BCUT2D eigenvalue weighted by Crippen LogP contribution is -2.19. The Bertz CT molecular complexity index is 1720. The molecule has 0 amide bonds. The number of nitrogens with zero attached hydrogens (tertiary/aromatic N) is 4. The van der Waals surface area contributed by atoms with Crippen molar-refractivity contribution in [3.05, 3.63) is 79.1 Å². The monoisotopic (exact) mass is 462 g/mol. The standard InChI is InChI=1S/C26H18N6OS/c1-33-17-9-6-15(7-10-17)29-26(34)30-16-8-11-20-21(14-16)32-25-19-5-3-13-28-23(19)22-18(24(25)31-20)4-2-12-27-22/h2-14H,1H3,(H2,29,30,34). The SMILES string of the molecule is COc1ccc(NC(=S)Nc2ccc3nc4c5cccnc5c5ncccc5c4nc3c2)cc1. The van der Waals surface area contributed by atoms with E-state index in [0.29, 0.717) is 5.11 Å². The summed E-state index contributed by atoms with van der Waals surface area (Å²) in [6, 6.07) is 21.2. The van der Waals surface area contributed by atoms with E-state index in [1.807, 2.05) is 66.7 Å². The van der Waals surface area contributed by atoms with Crippen LogP contribution in [0.25, 0.3) is 43.9 Å². The summed E-state index contributed by atoms with van der Waals surface area (Å²) in [5.41, 5.74) is 6.49. The van der Waals surface area contributed by atoms with Gasteiger partial charge in [-0.2, -0.15) is 0 Å². The lowest BCUT2D eigenvalue weighted by atomic mass is 10.1. The smallest absolute Gasteiger partial charge is 0.175 e. The molecule has 2 N–H and O–H groups in total. The molecule has 34 heavy (non-hydrogen) atoms. The van der Waals surface area contributed by atoms with Crippen molar-refractivity contribution < 1.29 is 4.74 Å². The van der Waals surface area contributed by atoms with E-state index in [4.69, 9.17) is 26.9 Å². The Balaban J connectivity index is 1.40. The fourth-order valence-electron chi connectivity index (χ4n) is 4.05. The quantitative estimate of drug-likeness (QED) is 0.197. The van der Waals surface area contributed by atoms with Gasteiger partial charge in [-0.3, -0.25) is 9.97 Å². The number of nitrogens with one attached hydrogen (secondary N) is 2. The first-order chi connectivity index (χ1) is 16.7. The summed E-state index contributed by atoms with van der Waals surface area (Å²) in [6.07, 6.45) is 3.55. The van der Waals surface area contributed by atoms with Crippen molar-refractivity contribution in [1.29, 1.82) is 0 Å². The number of fused-ring (bicyclic) bond motifs is 7. The van der Waals surface area contributed by atoms with Crippen molar-refractivity contribution in [2.75, 3.05) is 17.7 Å². The lowest BCUT2D eigenvalue weighted by molar-refractivity contribution is 0.415. The van der Waals surface area contributed by atoms with Crippen molar-refractivity contribution in [1.82, 2.24) is 19.9 Å². The van der Waals surface area contributed by atoms with Crippen molar-refractivity contribution in [3.8, 4) is 5.75 Å². The van der Waals surface area contributed by atoms with Crippen LogP contribution in [-0.4, -0.2) is 32.2 Å². The normalized spacial score (nSPS) is 11.2. The highest BCUT2D eigenvalue weighted by Crippen LogP contribution is 2.32. The number of benzene rings is 3. The van der Waals surface area contributed by atoms with Gasteiger partial charge in [0.05, 0.1) is 40.2 Å². The van der Waals surface area contributed by atoms with Gasteiger partial charge < -0.3 is 15.4 Å². The highest BCUT2D eigenvalue weighted by atomic mass is 32.1. The summed E-state index contributed by atoms with van der Waals surface area (Å²) in [5.74, 6) is 0.788. The third-order valence-electron chi connectivity index (χ3n) is 5.62. The average Bonchev–Trinajstić information content (AvgIpc) is 2.88. The number of pyridine rings is 2. The minimum atomic E-state index is 0.477. The van der Waals surface area contributed by atoms with Gasteiger partial charge in [0.15, 0.2) is 5.11 Å². The fraction of sp³-hybridized carbons (Fsp3) is 0.0385. The Hall–Kier alpha value is -4.43. The second-order valence-corrected chi connectivity index (χ2v) is 8.14.